The van der Waals surface area contributed by atoms with Crippen molar-refractivity contribution in [1.29, 1.82) is 0 Å². The summed E-state index contributed by atoms with van der Waals surface area (Å²) in [6, 6.07) is 12.0. The number of benzene rings is 2. The van der Waals surface area contributed by atoms with E-state index in [1.165, 1.54) is 41.7 Å². The first kappa shape index (κ1) is 24.8. The van der Waals surface area contributed by atoms with Crippen molar-refractivity contribution in [3.63, 3.8) is 0 Å². The second kappa shape index (κ2) is 9.56. The third kappa shape index (κ3) is 4.56. The molecule has 0 bridgehead atoms. The molecule has 37 heavy (non-hydrogen) atoms. The fraction of sp³-hybridized carbons (Fsp3) is 0.269. The summed E-state index contributed by atoms with van der Waals surface area (Å²) < 4.78 is 48.8. The van der Waals surface area contributed by atoms with E-state index in [1.54, 1.807) is 16.6 Å². The standard InChI is InChI=1S/C26H26FN5O4S/c1-16-14-17(2)32-25(28-16)23(24(30-32)26(33)29-20-9-7-19(27)8-10-20)18-6-11-21(36-3)22(15-18)37(34,35)31-12-4-5-13-31/h6-11,14-15H,4-5,12-13H2,1-3H3,(H,29,33). The minimum absolute atomic E-state index is 0.0167. The quantitative estimate of drug-likeness (QED) is 0.406. The van der Waals surface area contributed by atoms with E-state index in [4.69, 9.17) is 4.74 Å². The number of aromatic nitrogens is 3. The Morgan fingerprint density at radius 3 is 2.43 bits per heavy atom. The number of carbonyl (C=O) groups is 1. The molecule has 192 valence electrons. The number of carbonyl (C=O) groups excluding carboxylic acids is 1. The smallest absolute Gasteiger partial charge is 0.276 e. The van der Waals surface area contributed by atoms with Crippen LogP contribution < -0.4 is 10.1 Å². The van der Waals surface area contributed by atoms with E-state index in [9.17, 15) is 17.6 Å². The molecular formula is C26H26FN5O4S. The molecule has 5 rings (SSSR count). The summed E-state index contributed by atoms with van der Waals surface area (Å²) in [6.07, 6.45) is 1.59. The van der Waals surface area contributed by atoms with Crippen LogP contribution in [-0.4, -0.2) is 53.4 Å². The second-order valence-electron chi connectivity index (χ2n) is 8.94. The lowest BCUT2D eigenvalue weighted by molar-refractivity contribution is 0.102. The van der Waals surface area contributed by atoms with Gasteiger partial charge in [0.05, 0.1) is 12.7 Å². The van der Waals surface area contributed by atoms with Crippen molar-refractivity contribution < 1.29 is 22.3 Å². The van der Waals surface area contributed by atoms with Gasteiger partial charge in [-0.25, -0.2) is 22.3 Å². The van der Waals surface area contributed by atoms with Crippen LogP contribution in [0.1, 0.15) is 34.7 Å². The number of halogens is 1. The highest BCUT2D eigenvalue weighted by Gasteiger charge is 2.31. The monoisotopic (exact) mass is 523 g/mol. The lowest BCUT2D eigenvalue weighted by Gasteiger charge is -2.18. The summed E-state index contributed by atoms with van der Waals surface area (Å²) in [4.78, 5) is 18.1. The van der Waals surface area contributed by atoms with Crippen LogP contribution in [0.4, 0.5) is 10.1 Å². The average Bonchev–Trinajstić information content (AvgIpc) is 3.54. The van der Waals surface area contributed by atoms with Gasteiger partial charge in [-0.1, -0.05) is 6.07 Å². The number of rotatable bonds is 6. The van der Waals surface area contributed by atoms with Gasteiger partial charge in [0.15, 0.2) is 11.3 Å². The summed E-state index contributed by atoms with van der Waals surface area (Å²) in [5.74, 6) is -0.750. The second-order valence-corrected chi connectivity index (χ2v) is 10.8. The van der Waals surface area contributed by atoms with Crippen molar-refractivity contribution in [2.45, 2.75) is 31.6 Å². The first-order chi connectivity index (χ1) is 17.7. The number of hydrogen-bond acceptors (Lipinski definition) is 6. The van der Waals surface area contributed by atoms with E-state index < -0.39 is 21.7 Å². The van der Waals surface area contributed by atoms with Gasteiger partial charge in [-0.3, -0.25) is 4.79 Å². The number of methoxy groups -OCH3 is 1. The average molecular weight is 524 g/mol. The van der Waals surface area contributed by atoms with E-state index in [-0.39, 0.29) is 16.3 Å². The molecule has 0 radical (unpaired) electrons. The highest BCUT2D eigenvalue weighted by atomic mass is 32.2. The van der Waals surface area contributed by atoms with Gasteiger partial charge >= 0.3 is 0 Å². The van der Waals surface area contributed by atoms with Crippen LogP contribution in [0, 0.1) is 19.7 Å². The molecule has 1 N–H and O–H groups in total. The SMILES string of the molecule is COc1ccc(-c2c(C(=O)Nc3ccc(F)cc3)nn3c(C)cc(C)nc23)cc1S(=O)(=O)N1CCCC1. The molecule has 0 aliphatic carbocycles. The van der Waals surface area contributed by atoms with Gasteiger partial charge in [-0.2, -0.15) is 9.40 Å². The topological polar surface area (TPSA) is 106 Å². The van der Waals surface area contributed by atoms with Crippen molar-refractivity contribution in [3.8, 4) is 16.9 Å². The molecule has 1 aliphatic rings. The normalized spacial score (nSPS) is 14.3. The van der Waals surface area contributed by atoms with Crippen LogP contribution in [0.5, 0.6) is 5.75 Å². The van der Waals surface area contributed by atoms with E-state index in [1.807, 2.05) is 19.9 Å². The predicted octanol–water partition coefficient (Wildman–Crippen LogP) is 4.20. The van der Waals surface area contributed by atoms with Gasteiger partial charge in [0.25, 0.3) is 5.91 Å². The van der Waals surface area contributed by atoms with Crippen LogP contribution in [0.2, 0.25) is 0 Å². The number of sulfonamides is 1. The third-order valence-corrected chi connectivity index (χ3v) is 8.27. The van der Waals surface area contributed by atoms with Crippen LogP contribution in [-0.2, 0) is 10.0 Å². The van der Waals surface area contributed by atoms with Crippen LogP contribution >= 0.6 is 0 Å². The number of aryl methyl sites for hydroxylation is 2. The fourth-order valence-electron chi connectivity index (χ4n) is 4.57. The maximum atomic E-state index is 13.5. The Bertz CT molecular complexity index is 1610. The zero-order valence-corrected chi connectivity index (χ0v) is 21.5. The van der Waals surface area contributed by atoms with Crippen LogP contribution in [0.25, 0.3) is 16.8 Å². The fourth-order valence-corrected chi connectivity index (χ4v) is 6.27. The first-order valence-electron chi connectivity index (χ1n) is 11.8. The number of hydrogen-bond donors (Lipinski definition) is 1. The molecule has 1 saturated heterocycles. The lowest BCUT2D eigenvalue weighted by Crippen LogP contribution is -2.28. The molecule has 0 atom stereocenters. The molecule has 0 unspecified atom stereocenters. The number of nitrogens with one attached hydrogen (secondary N) is 1. The van der Waals surface area contributed by atoms with Crippen LogP contribution in [0.3, 0.4) is 0 Å². The van der Waals surface area contributed by atoms with Crippen LogP contribution in [0.15, 0.2) is 53.4 Å². The highest BCUT2D eigenvalue weighted by molar-refractivity contribution is 7.89. The maximum absolute atomic E-state index is 13.5. The molecule has 2 aromatic carbocycles. The minimum atomic E-state index is -3.83. The molecule has 0 saturated carbocycles. The Labute approximate surface area is 213 Å². The Kier molecular flexibility index (Phi) is 6.42. The summed E-state index contributed by atoms with van der Waals surface area (Å²) in [7, 11) is -2.41. The Morgan fingerprint density at radius 2 is 1.76 bits per heavy atom. The molecule has 4 aromatic rings. The van der Waals surface area contributed by atoms with Crippen molar-refractivity contribution in [1.82, 2.24) is 18.9 Å². The maximum Gasteiger partial charge on any atom is 0.276 e. The molecule has 3 heterocycles. The lowest BCUT2D eigenvalue weighted by atomic mass is 10.0. The summed E-state index contributed by atoms with van der Waals surface area (Å²) >= 11 is 0. The van der Waals surface area contributed by atoms with E-state index in [0.717, 1.165) is 24.2 Å². The Hall–Kier alpha value is -3.83. The van der Waals surface area contributed by atoms with Gasteiger partial charge in [0.2, 0.25) is 10.0 Å². The van der Waals surface area contributed by atoms with E-state index in [2.05, 4.69) is 15.4 Å². The van der Waals surface area contributed by atoms with Crippen molar-refractivity contribution in [2.24, 2.45) is 0 Å². The van der Waals surface area contributed by atoms with Crippen molar-refractivity contribution >= 4 is 27.3 Å². The van der Waals surface area contributed by atoms with E-state index >= 15 is 0 Å². The number of ether oxygens (including phenoxy) is 1. The molecule has 1 fully saturated rings. The highest BCUT2D eigenvalue weighted by Crippen LogP contribution is 2.36. The molecular weight excluding hydrogens is 497 g/mol. The van der Waals surface area contributed by atoms with Gasteiger partial charge in [-0.15, -0.1) is 0 Å². The number of nitrogens with zero attached hydrogens (tertiary/aromatic N) is 4. The van der Waals surface area contributed by atoms with Crippen molar-refractivity contribution in [3.05, 3.63) is 71.4 Å². The molecule has 11 heteroatoms. The summed E-state index contributed by atoms with van der Waals surface area (Å²) in [6.45, 7) is 4.56. The zero-order valence-electron chi connectivity index (χ0n) is 20.7. The molecule has 1 amide bonds. The van der Waals surface area contributed by atoms with Gasteiger partial charge in [0.1, 0.15) is 16.5 Å². The minimum Gasteiger partial charge on any atom is -0.495 e. The molecule has 9 nitrogen and oxygen atoms in total. The van der Waals surface area contributed by atoms with E-state index in [0.29, 0.717) is 35.6 Å². The largest absolute Gasteiger partial charge is 0.495 e. The Morgan fingerprint density at radius 1 is 1.05 bits per heavy atom. The molecule has 2 aromatic heterocycles. The number of amides is 1. The van der Waals surface area contributed by atoms with Gasteiger partial charge < -0.3 is 10.1 Å². The zero-order chi connectivity index (χ0) is 26.3. The number of anilines is 1. The first-order valence-corrected chi connectivity index (χ1v) is 13.3. The predicted molar refractivity (Wildman–Crippen MR) is 137 cm³/mol. The van der Waals surface area contributed by atoms with Crippen molar-refractivity contribution in [2.75, 3.05) is 25.5 Å². The number of fused-ring (bicyclic) bond motifs is 1. The Balaban J connectivity index is 1.69. The molecule has 0 spiro atoms. The summed E-state index contributed by atoms with van der Waals surface area (Å²) in [5.41, 5.74) is 3.17. The summed E-state index contributed by atoms with van der Waals surface area (Å²) in [5, 5.41) is 7.27. The van der Waals surface area contributed by atoms with Gasteiger partial charge in [-0.05, 0) is 74.7 Å². The van der Waals surface area contributed by atoms with Gasteiger partial charge in [0, 0.05) is 30.2 Å². The third-order valence-electron chi connectivity index (χ3n) is 6.35. The molecule has 1 aliphatic heterocycles.